The van der Waals surface area contributed by atoms with Gasteiger partial charge in [-0.15, -0.1) is 0 Å². The second-order valence-corrected chi connectivity index (χ2v) is 3.59. The Morgan fingerprint density at radius 2 is 2.55 bits per heavy atom. The Morgan fingerprint density at radius 1 is 1.91 bits per heavy atom. The molecule has 0 fully saturated rings. The zero-order valence-corrected chi connectivity index (χ0v) is 7.84. The van der Waals surface area contributed by atoms with E-state index in [4.69, 9.17) is 5.11 Å². The summed E-state index contributed by atoms with van der Waals surface area (Å²) in [6, 6.07) is 0. The van der Waals surface area contributed by atoms with Gasteiger partial charge in [0, 0.05) is 19.0 Å². The summed E-state index contributed by atoms with van der Waals surface area (Å²) in [6.07, 6.45) is 1.05. The van der Waals surface area contributed by atoms with E-state index in [0.29, 0.717) is 19.0 Å². The fraction of sp³-hybridized carbons (Fsp3) is 0.571. The van der Waals surface area contributed by atoms with Crippen molar-refractivity contribution in [1.29, 1.82) is 0 Å². The molecule has 0 bridgehead atoms. The van der Waals surface area contributed by atoms with Gasteiger partial charge in [-0.25, -0.2) is 4.79 Å². The summed E-state index contributed by atoms with van der Waals surface area (Å²) in [4.78, 5) is 11.9. The SMILES string of the molecule is C[C@H]1CN(C(=O)O)CC=C1Br. The lowest BCUT2D eigenvalue weighted by atomic mass is 10.1. The van der Waals surface area contributed by atoms with Crippen molar-refractivity contribution < 1.29 is 9.90 Å². The number of amides is 1. The molecule has 0 saturated carbocycles. The first-order chi connectivity index (χ1) is 5.11. The fourth-order valence-corrected chi connectivity index (χ4v) is 1.34. The summed E-state index contributed by atoms with van der Waals surface area (Å²) in [5, 5.41) is 8.62. The first kappa shape index (κ1) is 8.59. The van der Waals surface area contributed by atoms with Crippen LogP contribution in [0.3, 0.4) is 0 Å². The van der Waals surface area contributed by atoms with Gasteiger partial charge in [-0.2, -0.15) is 0 Å². The first-order valence-electron chi connectivity index (χ1n) is 3.44. The molecule has 1 atom stereocenters. The van der Waals surface area contributed by atoms with Crippen LogP contribution in [0, 0.1) is 5.92 Å². The van der Waals surface area contributed by atoms with E-state index in [1.54, 1.807) is 0 Å². The molecule has 3 nitrogen and oxygen atoms in total. The summed E-state index contributed by atoms with van der Waals surface area (Å²) < 4.78 is 1.11. The van der Waals surface area contributed by atoms with E-state index in [1.165, 1.54) is 4.90 Å². The summed E-state index contributed by atoms with van der Waals surface area (Å²) in [6.45, 7) is 3.09. The number of halogens is 1. The molecular weight excluding hydrogens is 210 g/mol. The maximum atomic E-state index is 10.5. The maximum Gasteiger partial charge on any atom is 0.407 e. The lowest BCUT2D eigenvalue weighted by Gasteiger charge is -2.26. The van der Waals surface area contributed by atoms with Crippen molar-refractivity contribution >= 4 is 22.0 Å². The van der Waals surface area contributed by atoms with Gasteiger partial charge < -0.3 is 10.0 Å². The molecule has 0 aromatic heterocycles. The standard InChI is InChI=1S/C7H10BrNO2/c1-5-4-9(7(10)11)3-2-6(5)8/h2,5H,3-4H2,1H3,(H,10,11)/t5-/m0/s1. The van der Waals surface area contributed by atoms with Crippen LogP contribution >= 0.6 is 15.9 Å². The highest BCUT2D eigenvalue weighted by atomic mass is 79.9. The van der Waals surface area contributed by atoms with Gasteiger partial charge in [0.15, 0.2) is 0 Å². The largest absolute Gasteiger partial charge is 0.465 e. The molecule has 0 aromatic carbocycles. The Labute approximate surface area is 73.8 Å². The van der Waals surface area contributed by atoms with Crippen molar-refractivity contribution in [1.82, 2.24) is 4.90 Å². The third-order valence-electron chi connectivity index (χ3n) is 1.74. The molecule has 0 radical (unpaired) electrons. The molecule has 62 valence electrons. The third kappa shape index (κ3) is 1.96. The van der Waals surface area contributed by atoms with Crippen molar-refractivity contribution in [3.8, 4) is 0 Å². The van der Waals surface area contributed by atoms with Gasteiger partial charge >= 0.3 is 6.09 Å². The summed E-state index contributed by atoms with van der Waals surface area (Å²) in [7, 11) is 0. The Balaban J connectivity index is 2.62. The van der Waals surface area contributed by atoms with Gasteiger partial charge in [0.2, 0.25) is 0 Å². The predicted octanol–water partition coefficient (Wildman–Crippen LogP) is 1.89. The number of hydrogen-bond acceptors (Lipinski definition) is 1. The second kappa shape index (κ2) is 3.26. The molecule has 1 aliphatic rings. The van der Waals surface area contributed by atoms with E-state index in [9.17, 15) is 4.79 Å². The van der Waals surface area contributed by atoms with Crippen molar-refractivity contribution in [3.63, 3.8) is 0 Å². The Kier molecular flexibility index (Phi) is 2.54. The average Bonchev–Trinajstić information content (AvgIpc) is 1.94. The minimum Gasteiger partial charge on any atom is -0.465 e. The van der Waals surface area contributed by atoms with E-state index in [0.717, 1.165) is 4.48 Å². The van der Waals surface area contributed by atoms with Gasteiger partial charge in [-0.3, -0.25) is 0 Å². The fourth-order valence-electron chi connectivity index (χ4n) is 1.05. The van der Waals surface area contributed by atoms with Crippen LogP contribution in [0.1, 0.15) is 6.92 Å². The molecule has 0 saturated heterocycles. The number of rotatable bonds is 0. The molecule has 11 heavy (non-hydrogen) atoms. The number of carbonyl (C=O) groups is 1. The van der Waals surface area contributed by atoms with Crippen molar-refractivity contribution in [2.75, 3.05) is 13.1 Å². The van der Waals surface area contributed by atoms with Crippen molar-refractivity contribution in [3.05, 3.63) is 10.6 Å². The van der Waals surface area contributed by atoms with Gasteiger partial charge in [0.05, 0.1) is 0 Å². The molecule has 4 heteroatoms. The molecule has 0 spiro atoms. The molecule has 1 N–H and O–H groups in total. The highest BCUT2D eigenvalue weighted by molar-refractivity contribution is 9.11. The van der Waals surface area contributed by atoms with Crippen LogP contribution in [0.4, 0.5) is 4.79 Å². The van der Waals surface area contributed by atoms with Crippen LogP contribution in [-0.2, 0) is 0 Å². The molecular formula is C7H10BrNO2. The number of carboxylic acid groups (broad SMARTS) is 1. The minimum atomic E-state index is -0.840. The van der Waals surface area contributed by atoms with Crippen LogP contribution in [-0.4, -0.2) is 29.2 Å². The van der Waals surface area contributed by atoms with E-state index in [1.807, 2.05) is 13.0 Å². The Bertz CT molecular complexity index is 203. The van der Waals surface area contributed by atoms with Crippen LogP contribution in [0.25, 0.3) is 0 Å². The molecule has 0 aromatic rings. The van der Waals surface area contributed by atoms with Crippen LogP contribution in [0.2, 0.25) is 0 Å². The smallest absolute Gasteiger partial charge is 0.407 e. The highest BCUT2D eigenvalue weighted by Crippen LogP contribution is 2.22. The summed E-state index contributed by atoms with van der Waals surface area (Å²) >= 11 is 3.37. The van der Waals surface area contributed by atoms with Crippen molar-refractivity contribution in [2.45, 2.75) is 6.92 Å². The number of nitrogens with zero attached hydrogens (tertiary/aromatic N) is 1. The van der Waals surface area contributed by atoms with Gasteiger partial charge in [-0.05, 0) is 4.48 Å². The van der Waals surface area contributed by atoms with E-state index >= 15 is 0 Å². The first-order valence-corrected chi connectivity index (χ1v) is 4.24. The lowest BCUT2D eigenvalue weighted by Crippen LogP contribution is -2.36. The number of hydrogen-bond donors (Lipinski definition) is 1. The van der Waals surface area contributed by atoms with Crippen LogP contribution < -0.4 is 0 Å². The second-order valence-electron chi connectivity index (χ2n) is 2.68. The summed E-state index contributed by atoms with van der Waals surface area (Å²) in [5.74, 6) is 0.292. The van der Waals surface area contributed by atoms with E-state index < -0.39 is 6.09 Å². The van der Waals surface area contributed by atoms with Gasteiger partial charge in [-0.1, -0.05) is 28.9 Å². The Morgan fingerprint density at radius 3 is 3.00 bits per heavy atom. The molecule has 1 amide bonds. The van der Waals surface area contributed by atoms with Crippen molar-refractivity contribution in [2.24, 2.45) is 5.92 Å². The van der Waals surface area contributed by atoms with Gasteiger partial charge in [0.25, 0.3) is 0 Å². The van der Waals surface area contributed by atoms with E-state index in [2.05, 4.69) is 15.9 Å². The Hall–Kier alpha value is -0.510. The molecule has 0 aliphatic carbocycles. The molecule has 0 unspecified atom stereocenters. The minimum absolute atomic E-state index is 0.292. The van der Waals surface area contributed by atoms with Crippen LogP contribution in [0.5, 0.6) is 0 Å². The molecule has 1 heterocycles. The van der Waals surface area contributed by atoms with Gasteiger partial charge in [0.1, 0.15) is 0 Å². The topological polar surface area (TPSA) is 40.5 Å². The maximum absolute atomic E-state index is 10.5. The van der Waals surface area contributed by atoms with E-state index in [-0.39, 0.29) is 0 Å². The van der Waals surface area contributed by atoms with Crippen LogP contribution in [0.15, 0.2) is 10.6 Å². The average molecular weight is 220 g/mol. The summed E-state index contributed by atoms with van der Waals surface area (Å²) in [5.41, 5.74) is 0. The third-order valence-corrected chi connectivity index (χ3v) is 2.85. The lowest BCUT2D eigenvalue weighted by molar-refractivity contribution is 0.144. The zero-order valence-electron chi connectivity index (χ0n) is 6.25. The predicted molar refractivity (Wildman–Crippen MR) is 45.8 cm³/mol. The molecule has 1 rings (SSSR count). The highest BCUT2D eigenvalue weighted by Gasteiger charge is 2.20. The molecule has 1 aliphatic heterocycles. The quantitative estimate of drug-likeness (QED) is 0.677. The normalized spacial score (nSPS) is 24.7. The zero-order chi connectivity index (χ0) is 8.43. The monoisotopic (exact) mass is 219 g/mol.